The second-order valence-corrected chi connectivity index (χ2v) is 9.75. The lowest BCUT2D eigenvalue weighted by molar-refractivity contribution is 0.0953. The third kappa shape index (κ3) is 6.74. The Hall–Kier alpha value is -4.24. The molecule has 0 spiro atoms. The van der Waals surface area contributed by atoms with Gasteiger partial charge in [0, 0.05) is 66.7 Å². The number of nitrogens with zero attached hydrogens (tertiary/aromatic N) is 4. The highest BCUT2D eigenvalue weighted by atomic mass is 16.1. The Morgan fingerprint density at radius 3 is 2.58 bits per heavy atom. The van der Waals surface area contributed by atoms with Gasteiger partial charge in [0.1, 0.15) is 5.84 Å². The monoisotopic (exact) mass is 512 g/mol. The fraction of sp³-hybridized carbons (Fsp3) is 0.310. The van der Waals surface area contributed by atoms with E-state index in [1.807, 2.05) is 62.4 Å². The molecule has 0 saturated heterocycles. The van der Waals surface area contributed by atoms with Crippen molar-refractivity contribution in [1.82, 2.24) is 25.2 Å². The van der Waals surface area contributed by atoms with Crippen LogP contribution >= 0.6 is 0 Å². The average molecular weight is 513 g/mol. The van der Waals surface area contributed by atoms with Gasteiger partial charge in [-0.05, 0) is 69.3 Å². The van der Waals surface area contributed by atoms with Gasteiger partial charge in [-0.25, -0.2) is 9.97 Å². The summed E-state index contributed by atoms with van der Waals surface area (Å²) in [5.74, 6) is 0.663. The molecule has 2 heterocycles. The fourth-order valence-corrected chi connectivity index (χ4v) is 4.24. The molecule has 4 aromatic rings. The Morgan fingerprint density at radius 1 is 1.05 bits per heavy atom. The summed E-state index contributed by atoms with van der Waals surface area (Å²) in [6.45, 7) is 2.36. The highest BCUT2D eigenvalue weighted by Crippen LogP contribution is 2.21. The van der Waals surface area contributed by atoms with Crippen molar-refractivity contribution in [2.24, 2.45) is 5.73 Å². The summed E-state index contributed by atoms with van der Waals surface area (Å²) in [4.78, 5) is 29.0. The molecule has 4 rings (SSSR count). The van der Waals surface area contributed by atoms with Gasteiger partial charge in [0.05, 0.1) is 5.69 Å². The van der Waals surface area contributed by atoms with Gasteiger partial charge in [0.25, 0.3) is 5.91 Å². The molecular formula is C29H36N8O. The molecule has 2 aromatic heterocycles. The second-order valence-electron chi connectivity index (χ2n) is 9.75. The zero-order valence-corrected chi connectivity index (χ0v) is 22.3. The number of nitrogens with two attached hydrogens (primary N) is 1. The number of anilines is 1. The summed E-state index contributed by atoms with van der Waals surface area (Å²) >= 11 is 0. The maximum absolute atomic E-state index is 12.6. The van der Waals surface area contributed by atoms with E-state index >= 15 is 0 Å². The molecule has 198 valence electrons. The molecule has 0 aliphatic rings. The van der Waals surface area contributed by atoms with Crippen LogP contribution in [-0.2, 0) is 6.42 Å². The summed E-state index contributed by atoms with van der Waals surface area (Å²) < 4.78 is 0. The predicted octanol–water partition coefficient (Wildman–Crippen LogP) is 3.66. The van der Waals surface area contributed by atoms with Gasteiger partial charge in [-0.15, -0.1) is 0 Å². The number of aryl methyl sites for hydroxylation is 1. The molecular weight excluding hydrogens is 476 g/mol. The van der Waals surface area contributed by atoms with Gasteiger partial charge >= 0.3 is 0 Å². The number of rotatable bonds is 12. The number of carbonyl (C=O) groups excluding carboxylic acids is 1. The van der Waals surface area contributed by atoms with Crippen molar-refractivity contribution >= 4 is 28.6 Å². The fourth-order valence-electron chi connectivity index (χ4n) is 4.24. The van der Waals surface area contributed by atoms with Crippen molar-refractivity contribution in [2.45, 2.75) is 19.3 Å². The molecule has 0 bridgehead atoms. The van der Waals surface area contributed by atoms with E-state index in [0.29, 0.717) is 18.1 Å². The van der Waals surface area contributed by atoms with Gasteiger partial charge in [-0.1, -0.05) is 18.2 Å². The number of H-pyrrole nitrogens is 1. The Bertz CT molecular complexity index is 1390. The van der Waals surface area contributed by atoms with Crippen molar-refractivity contribution < 1.29 is 4.79 Å². The number of aromatic amines is 1. The highest BCUT2D eigenvalue weighted by Gasteiger charge is 2.10. The third-order valence-electron chi connectivity index (χ3n) is 6.52. The minimum atomic E-state index is -0.0804. The number of nitrogens with one attached hydrogen (secondary N) is 3. The molecule has 38 heavy (non-hydrogen) atoms. The van der Waals surface area contributed by atoms with E-state index < -0.39 is 0 Å². The van der Waals surface area contributed by atoms with Crippen LogP contribution in [0.3, 0.4) is 0 Å². The Labute approximate surface area is 223 Å². The first-order valence-electron chi connectivity index (χ1n) is 12.8. The van der Waals surface area contributed by atoms with Crippen LogP contribution in [0.2, 0.25) is 0 Å². The number of carbonyl (C=O) groups is 1. The molecule has 0 fully saturated rings. The minimum absolute atomic E-state index is 0.0640. The highest BCUT2D eigenvalue weighted by molar-refractivity contribution is 6.07. The van der Waals surface area contributed by atoms with Gasteiger partial charge in [0.15, 0.2) is 0 Å². The van der Waals surface area contributed by atoms with E-state index in [-0.39, 0.29) is 11.7 Å². The normalized spacial score (nSPS) is 11.2. The number of unbranched alkanes of at least 4 members (excludes halogenated alkanes) is 1. The molecule has 0 aliphatic carbocycles. The van der Waals surface area contributed by atoms with Crippen molar-refractivity contribution in [3.63, 3.8) is 0 Å². The van der Waals surface area contributed by atoms with E-state index in [0.717, 1.165) is 60.1 Å². The predicted molar refractivity (Wildman–Crippen MR) is 154 cm³/mol. The van der Waals surface area contributed by atoms with Crippen molar-refractivity contribution in [3.05, 3.63) is 77.6 Å². The molecule has 0 unspecified atom stereocenters. The van der Waals surface area contributed by atoms with E-state index in [9.17, 15) is 4.79 Å². The van der Waals surface area contributed by atoms with Crippen molar-refractivity contribution in [1.29, 1.82) is 5.41 Å². The lowest BCUT2D eigenvalue weighted by Gasteiger charge is -2.19. The smallest absolute Gasteiger partial charge is 0.251 e. The molecule has 5 N–H and O–H groups in total. The van der Waals surface area contributed by atoms with Crippen LogP contribution < -0.4 is 16.0 Å². The van der Waals surface area contributed by atoms with Crippen molar-refractivity contribution in [3.8, 4) is 11.3 Å². The third-order valence-corrected chi connectivity index (χ3v) is 6.52. The van der Waals surface area contributed by atoms with Crippen LogP contribution in [0.25, 0.3) is 22.2 Å². The van der Waals surface area contributed by atoms with Crippen LogP contribution in [0, 0.1) is 5.41 Å². The Balaban J connectivity index is 1.26. The standard InChI is InChI=1S/C29H36N8O/c1-36(2)16-17-37(3)29-33-15-13-25(35-29)21-8-10-22(11-9-21)28(38)32-14-5-4-6-20-7-12-26-23(18-20)24(19-34-26)27(30)31/h7-13,15,18-19,34H,4-6,14,16-17H2,1-3H3,(H3,30,31)(H,32,38). The number of aromatic nitrogens is 3. The largest absolute Gasteiger partial charge is 0.384 e. The number of amides is 1. The van der Waals surface area contributed by atoms with Crippen LogP contribution in [0.4, 0.5) is 5.95 Å². The van der Waals surface area contributed by atoms with Gasteiger partial charge in [-0.3, -0.25) is 10.2 Å². The van der Waals surface area contributed by atoms with Crippen LogP contribution in [0.5, 0.6) is 0 Å². The molecule has 0 radical (unpaired) electrons. The quantitative estimate of drug-likeness (QED) is 0.130. The molecule has 0 saturated carbocycles. The maximum atomic E-state index is 12.6. The van der Waals surface area contributed by atoms with Crippen LogP contribution in [-0.4, -0.2) is 72.4 Å². The van der Waals surface area contributed by atoms with Gasteiger partial charge in [0.2, 0.25) is 5.95 Å². The minimum Gasteiger partial charge on any atom is -0.384 e. The molecule has 0 atom stereocenters. The average Bonchev–Trinajstić information content (AvgIpc) is 3.35. The van der Waals surface area contributed by atoms with Gasteiger partial charge < -0.3 is 25.8 Å². The zero-order chi connectivity index (χ0) is 27.1. The summed E-state index contributed by atoms with van der Waals surface area (Å²) in [5.41, 5.74) is 11.0. The van der Waals surface area contributed by atoms with Crippen LogP contribution in [0.1, 0.15) is 34.3 Å². The number of hydrogen-bond donors (Lipinski definition) is 4. The number of fused-ring (bicyclic) bond motifs is 1. The lowest BCUT2D eigenvalue weighted by Crippen LogP contribution is -2.29. The number of nitrogen functional groups attached to an aromatic ring is 1. The van der Waals surface area contributed by atoms with E-state index in [4.69, 9.17) is 16.1 Å². The van der Waals surface area contributed by atoms with Gasteiger partial charge in [-0.2, -0.15) is 0 Å². The van der Waals surface area contributed by atoms with E-state index in [1.165, 1.54) is 5.56 Å². The Kier molecular flexibility index (Phi) is 8.70. The second kappa shape index (κ2) is 12.3. The number of likely N-dealkylation sites (N-methyl/N-ethyl adjacent to an activating group) is 2. The molecule has 1 amide bonds. The van der Waals surface area contributed by atoms with Crippen molar-refractivity contribution in [2.75, 3.05) is 45.7 Å². The first-order valence-corrected chi connectivity index (χ1v) is 12.8. The summed E-state index contributed by atoms with van der Waals surface area (Å²) in [7, 11) is 6.07. The first-order chi connectivity index (χ1) is 18.3. The topological polar surface area (TPSA) is 127 Å². The van der Waals surface area contributed by atoms with Crippen LogP contribution in [0.15, 0.2) is 60.9 Å². The molecule has 9 nitrogen and oxygen atoms in total. The maximum Gasteiger partial charge on any atom is 0.251 e. The SMILES string of the molecule is CN(C)CCN(C)c1nccc(-c2ccc(C(=O)NCCCCc3ccc4[nH]cc(C(=N)N)c4c3)cc2)n1. The first kappa shape index (κ1) is 26.8. The molecule has 9 heteroatoms. The summed E-state index contributed by atoms with van der Waals surface area (Å²) in [6.07, 6.45) is 6.26. The van der Waals surface area contributed by atoms with E-state index in [1.54, 1.807) is 12.4 Å². The number of hydrogen-bond acceptors (Lipinski definition) is 6. The summed E-state index contributed by atoms with van der Waals surface area (Å²) in [5, 5.41) is 11.7. The molecule has 0 aliphatic heterocycles. The number of amidine groups is 1. The van der Waals surface area contributed by atoms with E-state index in [2.05, 4.69) is 32.3 Å². The molecule has 2 aromatic carbocycles. The number of benzene rings is 2. The lowest BCUT2D eigenvalue weighted by atomic mass is 10.0. The Morgan fingerprint density at radius 2 is 1.84 bits per heavy atom. The summed E-state index contributed by atoms with van der Waals surface area (Å²) in [6, 6.07) is 15.6. The zero-order valence-electron chi connectivity index (χ0n) is 22.3.